The molecule has 1 aliphatic rings. The molecular formula is C23H21NO5S. The Morgan fingerprint density at radius 1 is 1.00 bits per heavy atom. The summed E-state index contributed by atoms with van der Waals surface area (Å²) < 4.78 is 32.6. The van der Waals surface area contributed by atoms with Gasteiger partial charge in [-0.3, -0.25) is 4.79 Å². The molecule has 30 heavy (non-hydrogen) atoms. The molecule has 1 aliphatic carbocycles. The Hall–Kier alpha value is -3.03. The van der Waals surface area contributed by atoms with Gasteiger partial charge in [-0.1, -0.05) is 42.5 Å². The average molecular weight is 423 g/mol. The maximum absolute atomic E-state index is 12.5. The quantitative estimate of drug-likeness (QED) is 0.463. The third-order valence-electron chi connectivity index (χ3n) is 5.04. The summed E-state index contributed by atoms with van der Waals surface area (Å²) >= 11 is 0. The summed E-state index contributed by atoms with van der Waals surface area (Å²) in [7, 11) is -3.69. The molecule has 0 atom stereocenters. The number of nitrogens with one attached hydrogen (secondary N) is 1. The minimum absolute atomic E-state index is 0.00723. The minimum atomic E-state index is -3.69. The van der Waals surface area contributed by atoms with Gasteiger partial charge in [0, 0.05) is 11.6 Å². The molecule has 3 aromatic rings. The van der Waals surface area contributed by atoms with E-state index in [2.05, 4.69) is 4.72 Å². The third-order valence-corrected chi connectivity index (χ3v) is 6.56. The Kier molecular flexibility index (Phi) is 5.40. The molecular weight excluding hydrogens is 402 g/mol. The lowest BCUT2D eigenvalue weighted by Gasteiger charge is -2.10. The first-order valence-corrected chi connectivity index (χ1v) is 11.1. The van der Waals surface area contributed by atoms with Crippen molar-refractivity contribution in [3.63, 3.8) is 0 Å². The van der Waals surface area contributed by atoms with Crippen molar-refractivity contribution < 1.29 is 22.7 Å². The van der Waals surface area contributed by atoms with Gasteiger partial charge < -0.3 is 4.74 Å². The maximum atomic E-state index is 12.5. The first-order valence-electron chi connectivity index (χ1n) is 9.65. The summed E-state index contributed by atoms with van der Waals surface area (Å²) in [6.45, 7) is 1.26. The summed E-state index contributed by atoms with van der Waals surface area (Å²) in [5, 5.41) is 1.94. The Labute approximate surface area is 174 Å². The zero-order valence-electron chi connectivity index (χ0n) is 16.4. The van der Waals surface area contributed by atoms with E-state index in [4.69, 9.17) is 4.74 Å². The highest BCUT2D eigenvalue weighted by Crippen LogP contribution is 2.23. The van der Waals surface area contributed by atoms with E-state index in [9.17, 15) is 18.0 Å². The van der Waals surface area contributed by atoms with Crippen LogP contribution >= 0.6 is 0 Å². The van der Waals surface area contributed by atoms with Crippen molar-refractivity contribution in [3.8, 4) is 0 Å². The maximum Gasteiger partial charge on any atom is 0.338 e. The number of sulfonamides is 1. The summed E-state index contributed by atoms with van der Waals surface area (Å²) in [6, 6.07) is 17.2. The summed E-state index contributed by atoms with van der Waals surface area (Å²) in [5.41, 5.74) is 1.15. The number of carbonyl (C=O) groups is 2. The fourth-order valence-electron chi connectivity index (χ4n) is 3.13. The Bertz CT molecular complexity index is 1250. The molecule has 0 aliphatic heterocycles. The third kappa shape index (κ3) is 4.42. The number of esters is 1. The van der Waals surface area contributed by atoms with Crippen LogP contribution < -0.4 is 4.72 Å². The second-order valence-electron chi connectivity index (χ2n) is 7.43. The Morgan fingerprint density at radius 3 is 2.47 bits per heavy atom. The van der Waals surface area contributed by atoms with Crippen molar-refractivity contribution in [2.75, 3.05) is 6.61 Å². The number of ether oxygens (including phenoxy) is 1. The Morgan fingerprint density at radius 2 is 1.73 bits per heavy atom. The zero-order valence-corrected chi connectivity index (χ0v) is 17.2. The van der Waals surface area contributed by atoms with Crippen LogP contribution in [0.15, 0.2) is 65.6 Å². The number of fused-ring (bicyclic) bond motifs is 1. The van der Waals surface area contributed by atoms with E-state index >= 15 is 0 Å². The summed E-state index contributed by atoms with van der Waals surface area (Å²) in [6.07, 6.45) is 1.63. The lowest BCUT2D eigenvalue weighted by Crippen LogP contribution is -2.26. The highest BCUT2D eigenvalue weighted by molar-refractivity contribution is 7.89. The molecule has 4 rings (SSSR count). The highest BCUT2D eigenvalue weighted by Gasteiger charge is 2.28. The Balaban J connectivity index is 1.47. The molecule has 0 aromatic heterocycles. The number of benzene rings is 3. The lowest BCUT2D eigenvalue weighted by atomic mass is 10.0. The lowest BCUT2D eigenvalue weighted by molar-refractivity contribution is 0.0474. The van der Waals surface area contributed by atoms with Crippen LogP contribution in [0.5, 0.6) is 0 Å². The van der Waals surface area contributed by atoms with Crippen molar-refractivity contribution in [3.05, 3.63) is 77.4 Å². The summed E-state index contributed by atoms with van der Waals surface area (Å²) in [4.78, 5) is 25.0. The smallest absolute Gasteiger partial charge is 0.338 e. The molecule has 0 amide bonds. The number of aryl methyl sites for hydroxylation is 1. The van der Waals surface area contributed by atoms with Gasteiger partial charge >= 0.3 is 5.97 Å². The van der Waals surface area contributed by atoms with Crippen LogP contribution in [0.2, 0.25) is 0 Å². The number of hydrogen-bond acceptors (Lipinski definition) is 5. The molecule has 154 valence electrons. The van der Waals surface area contributed by atoms with E-state index < -0.39 is 22.6 Å². The van der Waals surface area contributed by atoms with Gasteiger partial charge in [0.25, 0.3) is 0 Å². The monoisotopic (exact) mass is 423 g/mol. The van der Waals surface area contributed by atoms with E-state index in [1.165, 1.54) is 12.1 Å². The minimum Gasteiger partial charge on any atom is -0.454 e. The van der Waals surface area contributed by atoms with E-state index in [1.807, 2.05) is 30.3 Å². The van der Waals surface area contributed by atoms with Crippen molar-refractivity contribution in [1.29, 1.82) is 0 Å². The van der Waals surface area contributed by atoms with Crippen LogP contribution in [-0.4, -0.2) is 32.8 Å². The molecule has 6 nitrogen and oxygen atoms in total. The highest BCUT2D eigenvalue weighted by atomic mass is 32.2. The topological polar surface area (TPSA) is 89.5 Å². The van der Waals surface area contributed by atoms with Crippen LogP contribution in [0.4, 0.5) is 0 Å². The van der Waals surface area contributed by atoms with Crippen molar-refractivity contribution in [1.82, 2.24) is 4.72 Å². The number of Topliss-reactive ketones (excluding diaryl/α,β-unsaturated/α-hetero) is 1. The van der Waals surface area contributed by atoms with Gasteiger partial charge in [-0.25, -0.2) is 17.9 Å². The van der Waals surface area contributed by atoms with Gasteiger partial charge in [-0.15, -0.1) is 0 Å². The molecule has 3 aromatic carbocycles. The number of carbonyl (C=O) groups excluding carboxylic acids is 2. The predicted molar refractivity (Wildman–Crippen MR) is 113 cm³/mol. The summed E-state index contributed by atoms with van der Waals surface area (Å²) in [5.74, 6) is -1.06. The van der Waals surface area contributed by atoms with Crippen LogP contribution in [0.3, 0.4) is 0 Å². The van der Waals surface area contributed by atoms with Crippen molar-refractivity contribution >= 4 is 32.5 Å². The normalized spacial score (nSPS) is 13.9. The average Bonchev–Trinajstić information content (AvgIpc) is 3.54. The fourth-order valence-corrected chi connectivity index (χ4v) is 4.46. The second-order valence-corrected chi connectivity index (χ2v) is 9.15. The van der Waals surface area contributed by atoms with Crippen LogP contribution in [-0.2, 0) is 14.8 Å². The fraction of sp³-hybridized carbons (Fsp3) is 0.217. The van der Waals surface area contributed by atoms with E-state index in [1.54, 1.807) is 25.1 Å². The molecule has 0 bridgehead atoms. The van der Waals surface area contributed by atoms with E-state index in [-0.39, 0.29) is 22.3 Å². The number of ketones is 1. The van der Waals surface area contributed by atoms with Crippen molar-refractivity contribution in [2.24, 2.45) is 0 Å². The second kappa shape index (κ2) is 8.01. The molecule has 0 radical (unpaired) electrons. The van der Waals surface area contributed by atoms with E-state index in [0.717, 1.165) is 23.6 Å². The first kappa shape index (κ1) is 20.3. The molecule has 0 spiro atoms. The zero-order chi connectivity index (χ0) is 21.3. The van der Waals surface area contributed by atoms with Crippen LogP contribution in [0.25, 0.3) is 10.8 Å². The first-order chi connectivity index (χ1) is 14.3. The van der Waals surface area contributed by atoms with Gasteiger partial charge in [0.05, 0.1) is 10.5 Å². The molecule has 0 saturated heterocycles. The van der Waals surface area contributed by atoms with Crippen LogP contribution in [0.1, 0.15) is 39.1 Å². The molecule has 1 fully saturated rings. The standard InChI is InChI=1S/C23H21NO5S/c1-15-6-11-20(30(27,28)24-19-9-10-19)13-21(15)23(26)29-14-22(25)18-8-7-16-4-2-3-5-17(16)12-18/h2-8,11-13,19,24H,9-10,14H2,1H3. The van der Waals surface area contributed by atoms with E-state index in [0.29, 0.717) is 11.1 Å². The largest absolute Gasteiger partial charge is 0.454 e. The molecule has 1 saturated carbocycles. The molecule has 0 unspecified atom stereocenters. The number of hydrogen-bond donors (Lipinski definition) is 1. The van der Waals surface area contributed by atoms with Crippen LogP contribution in [0, 0.1) is 6.92 Å². The molecule has 1 N–H and O–H groups in total. The van der Waals surface area contributed by atoms with Gasteiger partial charge in [0.15, 0.2) is 12.4 Å². The van der Waals surface area contributed by atoms with Gasteiger partial charge in [-0.2, -0.15) is 0 Å². The van der Waals surface area contributed by atoms with Gasteiger partial charge in [0.2, 0.25) is 10.0 Å². The SMILES string of the molecule is Cc1ccc(S(=O)(=O)NC2CC2)cc1C(=O)OCC(=O)c1ccc2ccccc2c1. The molecule has 7 heteroatoms. The predicted octanol–water partition coefficient (Wildman–Crippen LogP) is 3.63. The van der Waals surface area contributed by atoms with Gasteiger partial charge in [0.1, 0.15) is 0 Å². The van der Waals surface area contributed by atoms with Gasteiger partial charge in [-0.05, 0) is 54.3 Å². The van der Waals surface area contributed by atoms with Crippen molar-refractivity contribution in [2.45, 2.75) is 30.7 Å². The molecule has 0 heterocycles. The number of rotatable bonds is 7.